The van der Waals surface area contributed by atoms with Gasteiger partial charge in [-0.1, -0.05) is 113 Å². The van der Waals surface area contributed by atoms with Crippen molar-refractivity contribution in [3.8, 4) is 5.75 Å². The van der Waals surface area contributed by atoms with Crippen molar-refractivity contribution in [2.45, 2.75) is 68.7 Å². The highest BCUT2D eigenvalue weighted by Gasteiger charge is 2.47. The summed E-state index contributed by atoms with van der Waals surface area (Å²) in [6, 6.07) is 33.6. The van der Waals surface area contributed by atoms with Gasteiger partial charge in [0.15, 0.2) is 0 Å². The molecule has 4 rings (SSSR count). The standard InChI is InChI=1S/C40H47NO2/c1-29-10-20-33(21-11-29)41(34-22-12-30(2)13-23-34)35-24-16-31(17-25-35)14-15-32-18-26-36(27-19-32)43-37(42)40(9,39(6,7)8)28-38(3,4)5/h10-27H,28H2,1-9H3/b15-14+. The molecule has 0 amide bonds. The zero-order valence-corrected chi connectivity index (χ0v) is 27.4. The Labute approximate surface area is 259 Å². The minimum atomic E-state index is -0.607. The third-order valence-corrected chi connectivity index (χ3v) is 8.28. The van der Waals surface area contributed by atoms with E-state index in [1.165, 1.54) is 11.1 Å². The Morgan fingerprint density at radius 2 is 0.977 bits per heavy atom. The molecule has 0 saturated carbocycles. The summed E-state index contributed by atoms with van der Waals surface area (Å²) in [6.45, 7) is 19.1. The molecule has 0 N–H and O–H groups in total. The second-order valence-corrected chi connectivity index (χ2v) is 14.2. The third kappa shape index (κ3) is 8.04. The zero-order chi connectivity index (χ0) is 31.4. The summed E-state index contributed by atoms with van der Waals surface area (Å²) in [5, 5.41) is 0. The Kier molecular flexibility index (Phi) is 9.35. The largest absolute Gasteiger partial charge is 0.426 e. The quantitative estimate of drug-likeness (QED) is 0.119. The Hall–Kier alpha value is -4.11. The average molecular weight is 574 g/mol. The van der Waals surface area contributed by atoms with E-state index in [1.807, 2.05) is 31.2 Å². The lowest BCUT2D eigenvalue weighted by Crippen LogP contribution is -2.45. The van der Waals surface area contributed by atoms with E-state index in [9.17, 15) is 4.79 Å². The van der Waals surface area contributed by atoms with Gasteiger partial charge in [0.25, 0.3) is 0 Å². The van der Waals surface area contributed by atoms with E-state index >= 15 is 0 Å². The van der Waals surface area contributed by atoms with Crippen molar-refractivity contribution in [2.75, 3.05) is 4.90 Å². The molecule has 4 aromatic rings. The molecular weight excluding hydrogens is 526 g/mol. The normalized spacial score (nSPS) is 13.5. The second kappa shape index (κ2) is 12.6. The van der Waals surface area contributed by atoms with Gasteiger partial charge in [0.05, 0.1) is 5.41 Å². The van der Waals surface area contributed by atoms with Crippen molar-refractivity contribution < 1.29 is 9.53 Å². The molecule has 4 aromatic carbocycles. The van der Waals surface area contributed by atoms with Gasteiger partial charge in [0, 0.05) is 17.1 Å². The number of carbonyl (C=O) groups is 1. The maximum absolute atomic E-state index is 13.4. The fourth-order valence-electron chi connectivity index (χ4n) is 5.33. The van der Waals surface area contributed by atoms with Gasteiger partial charge < -0.3 is 9.64 Å². The molecule has 1 unspecified atom stereocenters. The minimum absolute atomic E-state index is 0.00748. The van der Waals surface area contributed by atoms with Crippen molar-refractivity contribution in [1.29, 1.82) is 0 Å². The molecule has 0 aromatic heterocycles. The number of hydrogen-bond donors (Lipinski definition) is 0. The summed E-state index contributed by atoms with van der Waals surface area (Å²) in [6.07, 6.45) is 4.93. The van der Waals surface area contributed by atoms with E-state index in [0.29, 0.717) is 5.75 Å². The number of rotatable bonds is 8. The molecule has 0 aliphatic rings. The Bertz CT molecular complexity index is 1490. The zero-order valence-electron chi connectivity index (χ0n) is 27.4. The van der Waals surface area contributed by atoms with Gasteiger partial charge in [-0.2, -0.15) is 0 Å². The first-order valence-electron chi connectivity index (χ1n) is 15.2. The Balaban J connectivity index is 1.48. The number of aryl methyl sites for hydroxylation is 2. The van der Waals surface area contributed by atoms with Crippen molar-refractivity contribution in [2.24, 2.45) is 16.2 Å². The average Bonchev–Trinajstić information content (AvgIpc) is 2.94. The number of ether oxygens (including phenoxy) is 1. The molecule has 1 atom stereocenters. The topological polar surface area (TPSA) is 29.5 Å². The van der Waals surface area contributed by atoms with Crippen LogP contribution in [-0.4, -0.2) is 5.97 Å². The first kappa shape index (κ1) is 31.8. The van der Waals surface area contributed by atoms with Gasteiger partial charge in [0.1, 0.15) is 5.75 Å². The summed E-state index contributed by atoms with van der Waals surface area (Å²) < 4.78 is 5.92. The van der Waals surface area contributed by atoms with Crippen LogP contribution in [0.25, 0.3) is 12.2 Å². The smallest absolute Gasteiger partial charge is 0.317 e. The van der Waals surface area contributed by atoms with Crippen molar-refractivity contribution >= 4 is 35.2 Å². The van der Waals surface area contributed by atoms with Crippen molar-refractivity contribution in [3.63, 3.8) is 0 Å². The molecule has 3 nitrogen and oxygen atoms in total. The van der Waals surface area contributed by atoms with Gasteiger partial charge in [-0.25, -0.2) is 0 Å². The summed E-state index contributed by atoms with van der Waals surface area (Å²) in [7, 11) is 0. The molecule has 0 aliphatic carbocycles. The molecule has 0 radical (unpaired) electrons. The van der Waals surface area contributed by atoms with E-state index in [-0.39, 0.29) is 16.8 Å². The molecule has 224 valence electrons. The number of carbonyl (C=O) groups excluding carboxylic acids is 1. The second-order valence-electron chi connectivity index (χ2n) is 14.2. The third-order valence-electron chi connectivity index (χ3n) is 8.28. The molecule has 0 heterocycles. The van der Waals surface area contributed by atoms with Crippen LogP contribution in [-0.2, 0) is 4.79 Å². The van der Waals surface area contributed by atoms with E-state index in [2.05, 4.69) is 145 Å². The molecule has 0 spiro atoms. The first-order chi connectivity index (χ1) is 20.1. The molecular formula is C40H47NO2. The Morgan fingerprint density at radius 1 is 0.605 bits per heavy atom. The monoisotopic (exact) mass is 573 g/mol. The van der Waals surface area contributed by atoms with Gasteiger partial charge >= 0.3 is 5.97 Å². The molecule has 0 fully saturated rings. The summed E-state index contributed by atoms with van der Waals surface area (Å²) in [4.78, 5) is 15.7. The highest BCUT2D eigenvalue weighted by molar-refractivity contribution is 5.80. The Morgan fingerprint density at radius 3 is 1.35 bits per heavy atom. The maximum atomic E-state index is 13.4. The van der Waals surface area contributed by atoms with Crippen LogP contribution in [0.15, 0.2) is 97.1 Å². The van der Waals surface area contributed by atoms with Crippen LogP contribution in [0, 0.1) is 30.1 Å². The number of hydrogen-bond acceptors (Lipinski definition) is 3. The predicted octanol–water partition coefficient (Wildman–Crippen LogP) is 11.3. The number of anilines is 3. The first-order valence-corrected chi connectivity index (χ1v) is 15.2. The number of benzene rings is 4. The van der Waals surface area contributed by atoms with Crippen LogP contribution in [0.5, 0.6) is 5.75 Å². The molecule has 43 heavy (non-hydrogen) atoms. The fraction of sp³-hybridized carbons (Fsp3) is 0.325. The van der Waals surface area contributed by atoms with Crippen LogP contribution in [0.2, 0.25) is 0 Å². The maximum Gasteiger partial charge on any atom is 0.317 e. The fourth-order valence-corrected chi connectivity index (χ4v) is 5.33. The van der Waals surface area contributed by atoms with Crippen LogP contribution >= 0.6 is 0 Å². The van der Waals surface area contributed by atoms with E-state index in [1.54, 1.807) is 0 Å². The van der Waals surface area contributed by atoms with Gasteiger partial charge in [-0.15, -0.1) is 0 Å². The number of nitrogens with zero attached hydrogens (tertiary/aromatic N) is 1. The van der Waals surface area contributed by atoms with Crippen LogP contribution in [0.1, 0.15) is 77.1 Å². The molecule has 0 saturated heterocycles. The minimum Gasteiger partial charge on any atom is -0.426 e. The summed E-state index contributed by atoms with van der Waals surface area (Å²) in [5.41, 5.74) is 7.15. The number of esters is 1. The highest BCUT2D eigenvalue weighted by Crippen LogP contribution is 2.47. The lowest BCUT2D eigenvalue weighted by Gasteiger charge is -2.43. The molecule has 0 bridgehead atoms. The van der Waals surface area contributed by atoms with E-state index < -0.39 is 5.41 Å². The van der Waals surface area contributed by atoms with Gasteiger partial charge in [-0.05, 0) is 97.7 Å². The lowest BCUT2D eigenvalue weighted by atomic mass is 9.61. The van der Waals surface area contributed by atoms with Gasteiger partial charge in [-0.3, -0.25) is 4.79 Å². The van der Waals surface area contributed by atoms with Crippen molar-refractivity contribution in [3.05, 3.63) is 119 Å². The summed E-state index contributed by atoms with van der Waals surface area (Å²) in [5.74, 6) is 0.395. The predicted molar refractivity (Wildman–Crippen MR) is 183 cm³/mol. The SMILES string of the molecule is Cc1ccc(N(c2ccc(C)cc2)c2ccc(/C=C/c3ccc(OC(=O)C(C)(CC(C)(C)C)C(C)(C)C)cc3)cc2)cc1. The van der Waals surface area contributed by atoms with Crippen molar-refractivity contribution in [1.82, 2.24) is 0 Å². The van der Waals surface area contributed by atoms with Crippen LogP contribution in [0.3, 0.4) is 0 Å². The van der Waals surface area contributed by atoms with Gasteiger partial charge in [0.2, 0.25) is 0 Å². The molecule has 3 heteroatoms. The van der Waals surface area contributed by atoms with Crippen LogP contribution < -0.4 is 9.64 Å². The van der Waals surface area contributed by atoms with E-state index in [0.717, 1.165) is 34.6 Å². The van der Waals surface area contributed by atoms with E-state index in [4.69, 9.17) is 4.74 Å². The lowest BCUT2D eigenvalue weighted by molar-refractivity contribution is -0.154. The highest BCUT2D eigenvalue weighted by atomic mass is 16.5. The molecule has 0 aliphatic heterocycles. The van der Waals surface area contributed by atoms with Crippen LogP contribution in [0.4, 0.5) is 17.1 Å². The summed E-state index contributed by atoms with van der Waals surface area (Å²) >= 11 is 0.